The average molecular weight is 383 g/mol. The Bertz CT molecular complexity index is 718. The Balaban J connectivity index is 1.91. The molecule has 2 aromatic carbocycles. The molecular weight excluding hydrogens is 354 g/mol. The Morgan fingerprint density at radius 3 is 1.93 bits per heavy atom. The SMILES string of the molecule is CN(CCNC(=O)NC(c1ccccc1)c1ccccc1)C(=O)OC(C)(C)C. The minimum atomic E-state index is -0.547. The Morgan fingerprint density at radius 2 is 1.46 bits per heavy atom. The van der Waals surface area contributed by atoms with E-state index in [0.717, 1.165) is 11.1 Å². The molecule has 2 aromatic rings. The first-order chi connectivity index (χ1) is 13.3. The van der Waals surface area contributed by atoms with Crippen LogP contribution in [0.1, 0.15) is 37.9 Å². The summed E-state index contributed by atoms with van der Waals surface area (Å²) in [5.41, 5.74) is 1.44. The van der Waals surface area contributed by atoms with Gasteiger partial charge in [-0.15, -0.1) is 0 Å². The van der Waals surface area contributed by atoms with Gasteiger partial charge in [-0.3, -0.25) is 0 Å². The van der Waals surface area contributed by atoms with Crippen LogP contribution < -0.4 is 10.6 Å². The fourth-order valence-corrected chi connectivity index (χ4v) is 2.60. The summed E-state index contributed by atoms with van der Waals surface area (Å²) in [5, 5.41) is 5.81. The predicted octanol–water partition coefficient (Wildman–Crippen LogP) is 3.94. The molecule has 0 saturated carbocycles. The van der Waals surface area contributed by atoms with Crippen LogP contribution in [0.2, 0.25) is 0 Å². The van der Waals surface area contributed by atoms with Gasteiger partial charge in [-0.25, -0.2) is 9.59 Å². The molecule has 0 aliphatic carbocycles. The van der Waals surface area contributed by atoms with Crippen LogP contribution in [0.4, 0.5) is 9.59 Å². The predicted molar refractivity (Wildman–Crippen MR) is 110 cm³/mol. The Morgan fingerprint density at radius 1 is 0.964 bits per heavy atom. The van der Waals surface area contributed by atoms with Crippen molar-refractivity contribution in [1.82, 2.24) is 15.5 Å². The first-order valence-corrected chi connectivity index (χ1v) is 9.34. The Labute approximate surface area is 166 Å². The third kappa shape index (κ3) is 6.95. The van der Waals surface area contributed by atoms with Crippen molar-refractivity contribution in [2.45, 2.75) is 32.4 Å². The second-order valence-electron chi connectivity index (χ2n) is 7.56. The molecule has 2 N–H and O–H groups in total. The summed E-state index contributed by atoms with van der Waals surface area (Å²) in [6.45, 7) is 6.12. The van der Waals surface area contributed by atoms with E-state index < -0.39 is 11.7 Å². The van der Waals surface area contributed by atoms with Gasteiger partial charge in [0.15, 0.2) is 0 Å². The van der Waals surface area contributed by atoms with E-state index in [1.165, 1.54) is 4.90 Å². The Hall–Kier alpha value is -3.02. The zero-order valence-corrected chi connectivity index (χ0v) is 16.9. The number of ether oxygens (including phenoxy) is 1. The van der Waals surface area contributed by atoms with Crippen molar-refractivity contribution in [2.24, 2.45) is 0 Å². The maximum Gasteiger partial charge on any atom is 0.410 e. The van der Waals surface area contributed by atoms with Gasteiger partial charge in [0.25, 0.3) is 0 Å². The standard InChI is InChI=1S/C22H29N3O3/c1-22(2,3)28-21(27)25(4)16-15-23-20(26)24-19(17-11-7-5-8-12-17)18-13-9-6-10-14-18/h5-14,19H,15-16H2,1-4H3,(H2,23,24,26). The molecule has 0 saturated heterocycles. The van der Waals surface area contributed by atoms with Crippen LogP contribution in [-0.2, 0) is 4.74 Å². The molecule has 0 atom stereocenters. The minimum Gasteiger partial charge on any atom is -0.444 e. The quantitative estimate of drug-likeness (QED) is 0.794. The van der Waals surface area contributed by atoms with Gasteiger partial charge in [0.1, 0.15) is 5.60 Å². The van der Waals surface area contributed by atoms with E-state index in [4.69, 9.17) is 4.74 Å². The maximum absolute atomic E-state index is 12.4. The van der Waals surface area contributed by atoms with Gasteiger partial charge >= 0.3 is 12.1 Å². The first kappa shape index (κ1) is 21.3. The van der Waals surface area contributed by atoms with Gasteiger partial charge in [-0.1, -0.05) is 60.7 Å². The van der Waals surface area contributed by atoms with Crippen LogP contribution in [0.25, 0.3) is 0 Å². The number of hydrogen-bond acceptors (Lipinski definition) is 3. The summed E-state index contributed by atoms with van der Waals surface area (Å²) in [6, 6.07) is 19.0. The number of likely N-dealkylation sites (N-methyl/N-ethyl adjacent to an activating group) is 1. The third-order valence-electron chi connectivity index (χ3n) is 3.98. The summed E-state index contributed by atoms with van der Waals surface area (Å²) < 4.78 is 5.30. The largest absolute Gasteiger partial charge is 0.444 e. The monoisotopic (exact) mass is 383 g/mol. The molecule has 0 fully saturated rings. The summed E-state index contributed by atoms with van der Waals surface area (Å²) >= 11 is 0. The summed E-state index contributed by atoms with van der Waals surface area (Å²) in [7, 11) is 1.64. The number of benzene rings is 2. The molecule has 2 rings (SSSR count). The van der Waals surface area contributed by atoms with Gasteiger partial charge < -0.3 is 20.3 Å². The van der Waals surface area contributed by atoms with Crippen molar-refractivity contribution in [3.8, 4) is 0 Å². The lowest BCUT2D eigenvalue weighted by Gasteiger charge is -2.25. The van der Waals surface area contributed by atoms with E-state index in [0.29, 0.717) is 13.1 Å². The van der Waals surface area contributed by atoms with Crippen LogP contribution in [0, 0.1) is 0 Å². The van der Waals surface area contributed by atoms with Gasteiger partial charge in [0.05, 0.1) is 6.04 Å². The number of carbonyl (C=O) groups is 2. The van der Waals surface area contributed by atoms with Crippen LogP contribution in [-0.4, -0.2) is 42.8 Å². The molecule has 0 bridgehead atoms. The first-order valence-electron chi connectivity index (χ1n) is 9.34. The van der Waals surface area contributed by atoms with Gasteiger partial charge in [-0.05, 0) is 31.9 Å². The highest BCUT2D eigenvalue weighted by Crippen LogP contribution is 2.21. The minimum absolute atomic E-state index is 0.258. The number of nitrogens with zero attached hydrogens (tertiary/aromatic N) is 1. The summed E-state index contributed by atoms with van der Waals surface area (Å²) in [4.78, 5) is 25.8. The lowest BCUT2D eigenvalue weighted by Crippen LogP contribution is -2.43. The molecule has 0 spiro atoms. The molecular formula is C22H29N3O3. The smallest absolute Gasteiger partial charge is 0.410 e. The molecule has 6 nitrogen and oxygen atoms in total. The molecule has 0 unspecified atom stereocenters. The van der Waals surface area contributed by atoms with Crippen molar-refractivity contribution in [3.63, 3.8) is 0 Å². The zero-order chi connectivity index (χ0) is 20.6. The third-order valence-corrected chi connectivity index (χ3v) is 3.98. The second-order valence-corrected chi connectivity index (χ2v) is 7.56. The molecule has 0 aliphatic rings. The lowest BCUT2D eigenvalue weighted by atomic mass is 9.99. The number of hydrogen-bond donors (Lipinski definition) is 2. The van der Waals surface area contributed by atoms with Gasteiger partial charge in [0, 0.05) is 20.1 Å². The van der Waals surface area contributed by atoms with Crippen molar-refractivity contribution in [2.75, 3.05) is 20.1 Å². The van der Waals surface area contributed by atoms with E-state index in [-0.39, 0.29) is 12.1 Å². The molecule has 3 amide bonds. The highest BCUT2D eigenvalue weighted by molar-refractivity contribution is 5.75. The molecule has 6 heteroatoms. The second kappa shape index (κ2) is 9.78. The van der Waals surface area contributed by atoms with Gasteiger partial charge in [0.2, 0.25) is 0 Å². The van der Waals surface area contributed by atoms with Crippen LogP contribution in [0.3, 0.4) is 0 Å². The normalized spacial score (nSPS) is 11.0. The highest BCUT2D eigenvalue weighted by Gasteiger charge is 2.20. The number of nitrogens with one attached hydrogen (secondary N) is 2. The molecule has 0 aromatic heterocycles. The summed E-state index contributed by atoms with van der Waals surface area (Å²) in [6.07, 6.45) is -0.416. The topological polar surface area (TPSA) is 70.7 Å². The van der Waals surface area contributed by atoms with Crippen molar-refractivity contribution in [1.29, 1.82) is 0 Å². The number of rotatable bonds is 6. The van der Waals surface area contributed by atoms with Crippen LogP contribution in [0.15, 0.2) is 60.7 Å². The highest BCUT2D eigenvalue weighted by atomic mass is 16.6. The molecule has 0 radical (unpaired) electrons. The van der Waals surface area contributed by atoms with E-state index in [2.05, 4.69) is 10.6 Å². The maximum atomic E-state index is 12.4. The zero-order valence-electron chi connectivity index (χ0n) is 16.9. The average Bonchev–Trinajstić information content (AvgIpc) is 2.66. The summed E-state index contributed by atoms with van der Waals surface area (Å²) in [5.74, 6) is 0. The van der Waals surface area contributed by atoms with E-state index >= 15 is 0 Å². The number of urea groups is 1. The van der Waals surface area contributed by atoms with E-state index in [1.54, 1.807) is 7.05 Å². The van der Waals surface area contributed by atoms with Crippen LogP contribution >= 0.6 is 0 Å². The number of amides is 3. The molecule has 0 aliphatic heterocycles. The Kier molecular flexibility index (Phi) is 7.44. The van der Waals surface area contributed by atoms with Crippen molar-refractivity contribution >= 4 is 12.1 Å². The number of carbonyl (C=O) groups excluding carboxylic acids is 2. The molecule has 150 valence electrons. The fraction of sp³-hybridized carbons (Fsp3) is 0.364. The molecule has 28 heavy (non-hydrogen) atoms. The van der Waals surface area contributed by atoms with Crippen molar-refractivity contribution in [3.05, 3.63) is 71.8 Å². The fourth-order valence-electron chi connectivity index (χ4n) is 2.60. The van der Waals surface area contributed by atoms with E-state index in [9.17, 15) is 9.59 Å². The lowest BCUT2D eigenvalue weighted by molar-refractivity contribution is 0.0301. The van der Waals surface area contributed by atoms with E-state index in [1.807, 2.05) is 81.4 Å². The van der Waals surface area contributed by atoms with Crippen LogP contribution in [0.5, 0.6) is 0 Å². The van der Waals surface area contributed by atoms with Gasteiger partial charge in [-0.2, -0.15) is 0 Å². The molecule has 0 heterocycles. The van der Waals surface area contributed by atoms with Crippen molar-refractivity contribution < 1.29 is 14.3 Å².